The summed E-state index contributed by atoms with van der Waals surface area (Å²) >= 11 is 0.905. The van der Waals surface area contributed by atoms with Gasteiger partial charge in [0, 0.05) is 18.7 Å². The van der Waals surface area contributed by atoms with E-state index in [1.165, 1.54) is 25.5 Å². The van der Waals surface area contributed by atoms with E-state index < -0.39 is 27.3 Å². The van der Waals surface area contributed by atoms with Crippen molar-refractivity contribution in [3.05, 3.63) is 17.0 Å². The lowest BCUT2D eigenvalue weighted by molar-refractivity contribution is -0.145. The highest BCUT2D eigenvalue weighted by Crippen LogP contribution is 2.20. The highest BCUT2D eigenvalue weighted by atomic mass is 32.2. The maximum atomic E-state index is 12.0. The Morgan fingerprint density at radius 2 is 2.10 bits per heavy atom. The number of hydrogen-bond acceptors (Lipinski definition) is 6. The van der Waals surface area contributed by atoms with Gasteiger partial charge in [0.2, 0.25) is 0 Å². The largest absolute Gasteiger partial charge is 0.479 e. The van der Waals surface area contributed by atoms with E-state index in [1.807, 2.05) is 0 Å². The molecule has 0 aliphatic carbocycles. The van der Waals surface area contributed by atoms with Crippen molar-refractivity contribution in [2.24, 2.45) is 0 Å². The zero-order valence-corrected chi connectivity index (χ0v) is 12.8. The summed E-state index contributed by atoms with van der Waals surface area (Å²) in [5, 5.41) is 12.8. The summed E-state index contributed by atoms with van der Waals surface area (Å²) in [6.45, 7) is 1.09. The van der Waals surface area contributed by atoms with Crippen molar-refractivity contribution >= 4 is 33.1 Å². The Morgan fingerprint density at radius 3 is 2.50 bits per heavy atom. The van der Waals surface area contributed by atoms with Crippen LogP contribution >= 0.6 is 11.3 Å². The van der Waals surface area contributed by atoms with Crippen LogP contribution in [0.4, 0.5) is 0 Å². The molecule has 1 aromatic heterocycles. The van der Waals surface area contributed by atoms with Crippen molar-refractivity contribution in [1.29, 1.82) is 0 Å². The summed E-state index contributed by atoms with van der Waals surface area (Å²) < 4.78 is 27.5. The second-order valence-electron chi connectivity index (χ2n) is 4.45. The number of sulfone groups is 1. The molecule has 20 heavy (non-hydrogen) atoms. The van der Waals surface area contributed by atoms with E-state index in [4.69, 9.17) is 9.84 Å². The van der Waals surface area contributed by atoms with Gasteiger partial charge in [-0.15, -0.1) is 11.3 Å². The second kappa shape index (κ2) is 5.90. The average molecular weight is 321 g/mol. The first-order valence-electron chi connectivity index (χ1n) is 5.43. The van der Waals surface area contributed by atoms with Crippen molar-refractivity contribution in [2.45, 2.75) is 16.7 Å². The molecule has 112 valence electrons. The van der Waals surface area contributed by atoms with Gasteiger partial charge in [0.1, 0.15) is 4.21 Å². The fourth-order valence-corrected chi connectivity index (χ4v) is 3.19. The molecule has 0 aliphatic heterocycles. The molecule has 0 saturated carbocycles. The number of hydrogen-bond donors (Lipinski definition) is 2. The Bertz CT molecular complexity index is 621. The van der Waals surface area contributed by atoms with Gasteiger partial charge in [0.05, 0.1) is 12.2 Å². The van der Waals surface area contributed by atoms with Gasteiger partial charge in [0.15, 0.2) is 15.4 Å². The topological polar surface area (TPSA) is 110 Å². The fourth-order valence-electron chi connectivity index (χ4n) is 1.39. The molecule has 7 nitrogen and oxygen atoms in total. The molecule has 0 spiro atoms. The minimum atomic E-state index is -3.39. The molecule has 1 amide bonds. The molecule has 0 aromatic carbocycles. The SMILES string of the molecule is COCC(C)(NC(=O)c1csc(S(C)(=O)=O)c1)C(=O)O. The summed E-state index contributed by atoms with van der Waals surface area (Å²) in [4.78, 5) is 23.1. The third kappa shape index (κ3) is 3.78. The predicted octanol–water partition coefficient (Wildman–Crippen LogP) is 0.371. The first-order valence-corrected chi connectivity index (χ1v) is 8.20. The molecule has 0 aliphatic rings. The molecule has 0 radical (unpaired) electrons. The zero-order valence-electron chi connectivity index (χ0n) is 11.2. The van der Waals surface area contributed by atoms with E-state index >= 15 is 0 Å². The molecule has 0 saturated heterocycles. The molecular weight excluding hydrogens is 306 g/mol. The van der Waals surface area contributed by atoms with Gasteiger partial charge in [-0.3, -0.25) is 4.79 Å². The summed E-state index contributed by atoms with van der Waals surface area (Å²) in [6, 6.07) is 1.21. The molecule has 0 fully saturated rings. The number of thiophene rings is 1. The lowest BCUT2D eigenvalue weighted by Crippen LogP contribution is -2.55. The molecule has 1 rings (SSSR count). The molecule has 1 unspecified atom stereocenters. The number of carboxylic acid groups (broad SMARTS) is 1. The normalized spacial score (nSPS) is 14.6. The van der Waals surface area contributed by atoms with E-state index in [1.54, 1.807) is 0 Å². The van der Waals surface area contributed by atoms with Gasteiger partial charge in [-0.2, -0.15) is 0 Å². The van der Waals surface area contributed by atoms with Crippen LogP contribution in [0.25, 0.3) is 0 Å². The minimum absolute atomic E-state index is 0.0476. The highest BCUT2D eigenvalue weighted by molar-refractivity contribution is 7.92. The lowest BCUT2D eigenvalue weighted by atomic mass is 10.0. The molecule has 0 bridgehead atoms. The Balaban J connectivity index is 2.96. The Labute approximate surface area is 120 Å². The van der Waals surface area contributed by atoms with E-state index in [0.717, 1.165) is 17.6 Å². The van der Waals surface area contributed by atoms with Crippen LogP contribution in [0, 0.1) is 0 Å². The second-order valence-corrected chi connectivity index (χ2v) is 7.60. The fraction of sp³-hybridized carbons (Fsp3) is 0.455. The quantitative estimate of drug-likeness (QED) is 0.783. The smallest absolute Gasteiger partial charge is 0.331 e. The Kier molecular flexibility index (Phi) is 4.90. The number of carboxylic acids is 1. The molecule has 1 heterocycles. The Hall–Kier alpha value is -1.45. The molecule has 1 aromatic rings. The minimum Gasteiger partial charge on any atom is -0.479 e. The van der Waals surface area contributed by atoms with Crippen LogP contribution in [0.15, 0.2) is 15.7 Å². The number of methoxy groups -OCH3 is 1. The van der Waals surface area contributed by atoms with Crippen molar-refractivity contribution in [2.75, 3.05) is 20.0 Å². The highest BCUT2D eigenvalue weighted by Gasteiger charge is 2.35. The number of rotatable bonds is 6. The van der Waals surface area contributed by atoms with Crippen LogP contribution in [0.1, 0.15) is 17.3 Å². The number of amides is 1. The number of nitrogens with one attached hydrogen (secondary N) is 1. The van der Waals surface area contributed by atoms with Gasteiger partial charge in [-0.1, -0.05) is 0 Å². The van der Waals surface area contributed by atoms with Gasteiger partial charge in [-0.25, -0.2) is 13.2 Å². The summed E-state index contributed by atoms with van der Waals surface area (Å²) in [5.74, 6) is -1.91. The number of aliphatic carboxylic acids is 1. The maximum absolute atomic E-state index is 12.0. The van der Waals surface area contributed by atoms with Crippen LogP contribution < -0.4 is 5.32 Å². The lowest BCUT2D eigenvalue weighted by Gasteiger charge is -2.24. The van der Waals surface area contributed by atoms with Gasteiger partial charge in [0.25, 0.3) is 5.91 Å². The monoisotopic (exact) mass is 321 g/mol. The predicted molar refractivity (Wildman–Crippen MR) is 72.8 cm³/mol. The standard InChI is InChI=1S/C11H15NO6S2/c1-11(6-18-2,10(14)15)12-9(13)7-4-8(19-5-7)20(3,16)17/h4-5H,6H2,1-3H3,(H,12,13)(H,14,15). The molecule has 1 atom stereocenters. The zero-order chi connectivity index (χ0) is 15.6. The molecular formula is C11H15NO6S2. The molecule has 9 heteroatoms. The number of carbonyl (C=O) groups excluding carboxylic acids is 1. The molecule has 2 N–H and O–H groups in total. The van der Waals surface area contributed by atoms with Crippen molar-refractivity contribution in [1.82, 2.24) is 5.32 Å². The van der Waals surface area contributed by atoms with Gasteiger partial charge < -0.3 is 15.2 Å². The summed E-state index contributed by atoms with van der Waals surface area (Å²) in [6.07, 6.45) is 1.03. The van der Waals surface area contributed by atoms with E-state index in [2.05, 4.69) is 5.32 Å². The van der Waals surface area contributed by atoms with Crippen LogP contribution in [0.2, 0.25) is 0 Å². The number of carbonyl (C=O) groups is 2. The van der Waals surface area contributed by atoms with E-state index in [0.29, 0.717) is 0 Å². The Morgan fingerprint density at radius 1 is 1.50 bits per heavy atom. The third-order valence-electron chi connectivity index (χ3n) is 2.50. The van der Waals surface area contributed by atoms with Crippen molar-refractivity contribution in [3.8, 4) is 0 Å². The van der Waals surface area contributed by atoms with Gasteiger partial charge >= 0.3 is 5.97 Å². The average Bonchev–Trinajstić information content (AvgIpc) is 2.77. The van der Waals surface area contributed by atoms with Crippen LogP contribution in [-0.4, -0.2) is 50.9 Å². The number of ether oxygens (including phenoxy) is 1. The summed E-state index contributed by atoms with van der Waals surface area (Å²) in [7, 11) is -2.07. The van der Waals surface area contributed by atoms with Crippen LogP contribution in [0.3, 0.4) is 0 Å². The van der Waals surface area contributed by atoms with Gasteiger partial charge in [-0.05, 0) is 13.0 Å². The summed E-state index contributed by atoms with van der Waals surface area (Å²) in [5.41, 5.74) is -1.49. The van der Waals surface area contributed by atoms with Crippen molar-refractivity contribution < 1.29 is 27.9 Å². The van der Waals surface area contributed by atoms with E-state index in [-0.39, 0.29) is 16.4 Å². The van der Waals surface area contributed by atoms with Crippen molar-refractivity contribution in [3.63, 3.8) is 0 Å². The maximum Gasteiger partial charge on any atom is 0.331 e. The first kappa shape index (κ1) is 16.6. The first-order chi connectivity index (χ1) is 9.10. The van der Waals surface area contributed by atoms with Crippen LogP contribution in [0.5, 0.6) is 0 Å². The third-order valence-corrected chi connectivity index (χ3v) is 5.27. The van der Waals surface area contributed by atoms with Crippen LogP contribution in [-0.2, 0) is 19.4 Å². The van der Waals surface area contributed by atoms with E-state index in [9.17, 15) is 18.0 Å².